The van der Waals surface area contributed by atoms with E-state index in [1.165, 1.54) is 6.92 Å². The minimum atomic E-state index is -4.86. The van der Waals surface area contributed by atoms with E-state index in [0.29, 0.717) is 12.8 Å². The largest absolute Gasteiger partial charge is 0.412 e. The molecule has 1 fully saturated rings. The summed E-state index contributed by atoms with van der Waals surface area (Å²) in [5.41, 5.74) is 3.62. The Morgan fingerprint density at radius 2 is 1.85 bits per heavy atom. The van der Waals surface area contributed by atoms with Crippen molar-refractivity contribution in [3.8, 4) is 6.07 Å². The molecular weight excluding hydrogens is 448 g/mol. The average molecular weight is 473 g/mol. The molecule has 1 aliphatic carbocycles. The van der Waals surface area contributed by atoms with Crippen molar-refractivity contribution < 1.29 is 31.1 Å². The van der Waals surface area contributed by atoms with Crippen LogP contribution in [0.15, 0.2) is 53.6 Å². The fourth-order valence-electron chi connectivity index (χ4n) is 4.11. The summed E-state index contributed by atoms with van der Waals surface area (Å²) in [6.45, 7) is 1.56. The van der Waals surface area contributed by atoms with Gasteiger partial charge in [0.2, 0.25) is 0 Å². The lowest BCUT2D eigenvalue weighted by Gasteiger charge is -2.44. The number of alkyl halides is 6. The molecule has 0 aromatic heterocycles. The summed E-state index contributed by atoms with van der Waals surface area (Å²) < 4.78 is 85.5. The minimum Gasteiger partial charge on any atom is -0.372 e. The molecule has 3 N–H and O–H groups in total. The first-order valence-corrected chi connectivity index (χ1v) is 10.5. The van der Waals surface area contributed by atoms with E-state index in [1.807, 2.05) is 30.3 Å². The maximum atomic E-state index is 13.3. The zero-order chi connectivity index (χ0) is 24.5. The Hall–Kier alpha value is -2.35. The van der Waals surface area contributed by atoms with Gasteiger partial charge in [-0.2, -0.15) is 31.6 Å². The van der Waals surface area contributed by atoms with Gasteiger partial charge in [-0.05, 0) is 43.4 Å². The number of benzene rings is 1. The number of nitrogens with zero attached hydrogens (tertiary/aromatic N) is 1. The number of halogens is 6. The van der Waals surface area contributed by atoms with E-state index >= 15 is 0 Å². The second kappa shape index (κ2) is 9.12. The second-order valence-electron chi connectivity index (χ2n) is 8.71. The molecule has 10 heteroatoms. The third-order valence-corrected chi connectivity index (χ3v) is 6.30. The number of nitrogens with two attached hydrogens (primary N) is 1. The Morgan fingerprint density at radius 3 is 2.36 bits per heavy atom. The molecule has 1 saturated heterocycles. The zero-order valence-electron chi connectivity index (χ0n) is 17.9. The molecule has 1 heterocycles. The van der Waals surface area contributed by atoms with Gasteiger partial charge >= 0.3 is 12.4 Å². The maximum absolute atomic E-state index is 13.3. The smallest absolute Gasteiger partial charge is 0.372 e. The van der Waals surface area contributed by atoms with Gasteiger partial charge < -0.3 is 15.8 Å². The maximum Gasteiger partial charge on any atom is 0.412 e. The molecule has 4 nitrogen and oxygen atoms in total. The van der Waals surface area contributed by atoms with Crippen LogP contribution in [0, 0.1) is 17.2 Å². The van der Waals surface area contributed by atoms with Crippen LogP contribution >= 0.6 is 0 Å². The molecule has 0 saturated carbocycles. The van der Waals surface area contributed by atoms with Crippen LogP contribution in [-0.2, 0) is 10.3 Å². The van der Waals surface area contributed by atoms with Crippen LogP contribution in [0.3, 0.4) is 0 Å². The quantitative estimate of drug-likeness (QED) is 0.598. The SMILES string of the molecule is C[C@@H](OC[C@@]1(c2ccccc2)CC[C@](N)(C#N)CN1)C1=CC(C(F)(F)F)CC(C(F)(F)F)=C1. The molecule has 1 unspecified atom stereocenters. The van der Waals surface area contributed by atoms with E-state index in [2.05, 4.69) is 11.4 Å². The van der Waals surface area contributed by atoms with Gasteiger partial charge in [-0.15, -0.1) is 0 Å². The number of piperidine rings is 1. The highest BCUT2D eigenvalue weighted by Crippen LogP contribution is 2.42. The predicted molar refractivity (Wildman–Crippen MR) is 110 cm³/mol. The van der Waals surface area contributed by atoms with Crippen LogP contribution in [0.25, 0.3) is 0 Å². The molecule has 33 heavy (non-hydrogen) atoms. The second-order valence-corrected chi connectivity index (χ2v) is 8.71. The lowest BCUT2D eigenvalue weighted by Crippen LogP contribution is -2.61. The van der Waals surface area contributed by atoms with Crippen molar-refractivity contribution in [1.29, 1.82) is 5.26 Å². The van der Waals surface area contributed by atoms with Gasteiger partial charge in [0.25, 0.3) is 0 Å². The minimum absolute atomic E-state index is 0.0249. The van der Waals surface area contributed by atoms with E-state index in [1.54, 1.807) is 0 Å². The van der Waals surface area contributed by atoms with Crippen LogP contribution < -0.4 is 11.1 Å². The summed E-state index contributed by atoms with van der Waals surface area (Å²) in [7, 11) is 0. The van der Waals surface area contributed by atoms with Crippen LogP contribution in [0.5, 0.6) is 0 Å². The summed E-state index contributed by atoms with van der Waals surface area (Å²) >= 11 is 0. The number of rotatable bonds is 5. The lowest BCUT2D eigenvalue weighted by atomic mass is 9.77. The Kier molecular flexibility index (Phi) is 6.99. The van der Waals surface area contributed by atoms with Gasteiger partial charge in [0.1, 0.15) is 5.54 Å². The van der Waals surface area contributed by atoms with Crippen molar-refractivity contribution in [1.82, 2.24) is 5.32 Å². The van der Waals surface area contributed by atoms with Gasteiger partial charge in [0, 0.05) is 12.1 Å². The molecule has 4 atom stereocenters. The van der Waals surface area contributed by atoms with Gasteiger partial charge in [-0.1, -0.05) is 36.4 Å². The first-order valence-electron chi connectivity index (χ1n) is 10.5. The van der Waals surface area contributed by atoms with Crippen molar-refractivity contribution in [3.05, 3.63) is 59.2 Å². The number of nitriles is 1. The zero-order valence-corrected chi connectivity index (χ0v) is 17.9. The van der Waals surface area contributed by atoms with Crippen LogP contribution in [0.4, 0.5) is 26.3 Å². The fourth-order valence-corrected chi connectivity index (χ4v) is 4.11. The normalized spacial score (nSPS) is 29.6. The first kappa shape index (κ1) is 25.3. The molecule has 1 aromatic rings. The molecule has 3 rings (SSSR count). The number of hydrogen-bond acceptors (Lipinski definition) is 4. The standard InChI is InChI=1S/C23H25F6N3O/c1-15(16-9-18(22(24,25)26)11-19(10-16)23(27,28)29)33-14-21(17-5-3-2-4-6-17)8-7-20(31,12-30)13-32-21/h2-6,9-10,15,18,32H,7-8,11,13-14,31H2,1H3/t15-,18?,20+,21-/m1/s1. The van der Waals surface area contributed by atoms with Crippen LogP contribution in [0.2, 0.25) is 0 Å². The number of allylic oxidation sites excluding steroid dienone is 2. The predicted octanol–water partition coefficient (Wildman–Crippen LogP) is 4.89. The Labute approximate surface area is 188 Å². The Morgan fingerprint density at radius 1 is 1.18 bits per heavy atom. The summed E-state index contributed by atoms with van der Waals surface area (Å²) in [5, 5.41) is 12.6. The van der Waals surface area contributed by atoms with Gasteiger partial charge in [0.05, 0.1) is 30.2 Å². The van der Waals surface area contributed by atoms with Crippen molar-refractivity contribution in [3.63, 3.8) is 0 Å². The van der Waals surface area contributed by atoms with Crippen molar-refractivity contribution in [2.24, 2.45) is 11.7 Å². The molecule has 0 bridgehead atoms. The van der Waals surface area contributed by atoms with Crippen molar-refractivity contribution in [2.45, 2.75) is 55.7 Å². The molecular formula is C23H25F6N3O. The summed E-state index contributed by atoms with van der Waals surface area (Å²) in [5.74, 6) is -2.23. The Bertz CT molecular complexity index is 938. The molecule has 0 spiro atoms. The van der Waals surface area contributed by atoms with E-state index < -0.39 is 47.4 Å². The molecule has 2 aliphatic rings. The highest BCUT2D eigenvalue weighted by molar-refractivity contribution is 5.35. The Balaban J connectivity index is 1.84. The van der Waals surface area contributed by atoms with E-state index in [-0.39, 0.29) is 18.7 Å². The average Bonchev–Trinajstić information content (AvgIpc) is 2.78. The topological polar surface area (TPSA) is 71.1 Å². The molecule has 1 aliphatic heterocycles. The third kappa shape index (κ3) is 5.78. The van der Waals surface area contributed by atoms with E-state index in [4.69, 9.17) is 10.5 Å². The monoisotopic (exact) mass is 473 g/mol. The number of ether oxygens (including phenoxy) is 1. The van der Waals surface area contributed by atoms with E-state index in [0.717, 1.165) is 17.7 Å². The first-order chi connectivity index (χ1) is 15.3. The molecule has 180 valence electrons. The molecule has 1 aromatic carbocycles. The van der Waals surface area contributed by atoms with Crippen molar-refractivity contribution in [2.75, 3.05) is 13.2 Å². The van der Waals surface area contributed by atoms with E-state index in [9.17, 15) is 31.6 Å². The van der Waals surface area contributed by atoms with Gasteiger partial charge in [0.15, 0.2) is 0 Å². The summed E-state index contributed by atoms with van der Waals surface area (Å²) in [4.78, 5) is 0. The van der Waals surface area contributed by atoms with Crippen LogP contribution in [0.1, 0.15) is 31.7 Å². The van der Waals surface area contributed by atoms with Crippen molar-refractivity contribution >= 4 is 0 Å². The van der Waals surface area contributed by atoms with Gasteiger partial charge in [-0.3, -0.25) is 0 Å². The fraction of sp³-hybridized carbons (Fsp3) is 0.522. The lowest BCUT2D eigenvalue weighted by molar-refractivity contribution is -0.166. The van der Waals surface area contributed by atoms with Gasteiger partial charge in [-0.25, -0.2) is 0 Å². The van der Waals surface area contributed by atoms with Crippen LogP contribution in [-0.4, -0.2) is 37.1 Å². The summed E-state index contributed by atoms with van der Waals surface area (Å²) in [6, 6.07) is 11.2. The number of hydrogen-bond donors (Lipinski definition) is 2. The number of nitrogens with one attached hydrogen (secondary N) is 1. The third-order valence-electron chi connectivity index (χ3n) is 6.30. The highest BCUT2D eigenvalue weighted by Gasteiger charge is 2.46. The molecule has 0 amide bonds. The summed E-state index contributed by atoms with van der Waals surface area (Å²) in [6.07, 6.45) is -9.52. The molecule has 0 radical (unpaired) electrons. The highest BCUT2D eigenvalue weighted by atomic mass is 19.4.